The minimum atomic E-state index is -0.413. The highest BCUT2D eigenvalue weighted by molar-refractivity contribution is 5.88. The van der Waals surface area contributed by atoms with Crippen molar-refractivity contribution in [2.24, 2.45) is 0 Å². The first-order chi connectivity index (χ1) is 13.0. The third kappa shape index (κ3) is 3.76. The summed E-state index contributed by atoms with van der Waals surface area (Å²) in [6.45, 7) is 13.7. The molecule has 0 radical (unpaired) electrons. The molecule has 2 aromatic rings. The van der Waals surface area contributed by atoms with Crippen LogP contribution in [0.3, 0.4) is 0 Å². The monoisotopic (exact) mass is 377 g/mol. The maximum absolute atomic E-state index is 11.6. The van der Waals surface area contributed by atoms with Crippen molar-refractivity contribution >= 4 is 17.6 Å². The van der Waals surface area contributed by atoms with Crippen LogP contribution in [0.4, 0.5) is 0 Å². The largest absolute Gasteiger partial charge is 0.464 e. The maximum Gasteiger partial charge on any atom is 0.356 e. The molecule has 1 aliphatic rings. The SMILES string of the molecule is COC(=O)c1ccc(C(C)=Cc2cc3c(cc2C)C(C)(C)CCC3(C)C)cn1. The quantitative estimate of drug-likeness (QED) is 0.608. The van der Waals surface area contributed by atoms with E-state index in [1.54, 1.807) is 12.3 Å². The molecule has 0 amide bonds. The molecule has 28 heavy (non-hydrogen) atoms. The lowest BCUT2D eigenvalue weighted by molar-refractivity contribution is 0.0594. The molecule has 0 N–H and O–H groups in total. The molecule has 0 atom stereocenters. The lowest BCUT2D eigenvalue weighted by atomic mass is 9.62. The molecule has 1 aromatic carbocycles. The van der Waals surface area contributed by atoms with Crippen molar-refractivity contribution in [2.45, 2.75) is 65.2 Å². The van der Waals surface area contributed by atoms with E-state index >= 15 is 0 Å². The predicted molar refractivity (Wildman–Crippen MR) is 116 cm³/mol. The van der Waals surface area contributed by atoms with Crippen LogP contribution in [0.25, 0.3) is 11.6 Å². The predicted octanol–water partition coefficient (Wildman–Crippen LogP) is 6.09. The number of rotatable bonds is 3. The summed E-state index contributed by atoms with van der Waals surface area (Å²) in [7, 11) is 1.37. The normalized spacial score (nSPS) is 17.8. The Morgan fingerprint density at radius 1 is 1.07 bits per heavy atom. The van der Waals surface area contributed by atoms with Gasteiger partial charge in [0.2, 0.25) is 0 Å². The Kier molecular flexibility index (Phi) is 5.22. The third-order valence-electron chi connectivity index (χ3n) is 6.22. The van der Waals surface area contributed by atoms with E-state index in [4.69, 9.17) is 4.74 Å². The molecule has 1 aliphatic carbocycles. The summed E-state index contributed by atoms with van der Waals surface area (Å²) < 4.78 is 4.72. The molecular weight excluding hydrogens is 346 g/mol. The van der Waals surface area contributed by atoms with Gasteiger partial charge in [-0.3, -0.25) is 0 Å². The summed E-state index contributed by atoms with van der Waals surface area (Å²) >= 11 is 0. The Morgan fingerprint density at radius 3 is 2.21 bits per heavy atom. The van der Waals surface area contributed by atoms with Crippen molar-refractivity contribution in [1.82, 2.24) is 4.98 Å². The zero-order valence-electron chi connectivity index (χ0n) is 18.1. The van der Waals surface area contributed by atoms with Gasteiger partial charge < -0.3 is 4.74 Å². The fourth-order valence-corrected chi connectivity index (χ4v) is 4.06. The second-order valence-corrected chi connectivity index (χ2v) is 9.27. The van der Waals surface area contributed by atoms with Gasteiger partial charge in [0.25, 0.3) is 0 Å². The van der Waals surface area contributed by atoms with E-state index in [0.29, 0.717) is 5.69 Å². The zero-order valence-corrected chi connectivity index (χ0v) is 18.1. The number of pyridine rings is 1. The standard InChI is InChI=1S/C25H31NO2/c1-16(18-8-9-22(26-15-18)23(27)28-7)12-19-14-21-20(13-17(19)2)24(3,4)10-11-25(21,5)6/h8-9,12-15H,10-11H2,1-7H3. The molecule has 1 aromatic heterocycles. The van der Waals surface area contributed by atoms with Crippen molar-refractivity contribution in [3.8, 4) is 0 Å². The number of allylic oxidation sites excluding steroid dienone is 1. The maximum atomic E-state index is 11.6. The summed E-state index contributed by atoms with van der Waals surface area (Å²) in [5, 5.41) is 0. The molecule has 3 heteroatoms. The fourth-order valence-electron chi connectivity index (χ4n) is 4.06. The molecule has 0 saturated heterocycles. The Labute approximate surface area is 168 Å². The molecular formula is C25H31NO2. The molecule has 0 aliphatic heterocycles. The summed E-state index contributed by atoms with van der Waals surface area (Å²) in [5.74, 6) is -0.413. The number of carbonyl (C=O) groups excluding carboxylic acids is 1. The highest BCUT2D eigenvalue weighted by atomic mass is 16.5. The van der Waals surface area contributed by atoms with Crippen LogP contribution in [0.5, 0.6) is 0 Å². The molecule has 0 bridgehead atoms. The van der Waals surface area contributed by atoms with Gasteiger partial charge >= 0.3 is 5.97 Å². The lowest BCUT2D eigenvalue weighted by Crippen LogP contribution is -2.34. The van der Waals surface area contributed by atoms with E-state index in [-0.39, 0.29) is 10.8 Å². The first kappa shape index (κ1) is 20.3. The van der Waals surface area contributed by atoms with E-state index in [9.17, 15) is 4.79 Å². The minimum absolute atomic E-state index is 0.193. The van der Waals surface area contributed by atoms with Crippen LogP contribution in [0.15, 0.2) is 30.5 Å². The second kappa shape index (κ2) is 7.20. The number of esters is 1. The number of benzene rings is 1. The van der Waals surface area contributed by atoms with Crippen LogP contribution >= 0.6 is 0 Å². The van der Waals surface area contributed by atoms with Crippen LogP contribution < -0.4 is 0 Å². The van der Waals surface area contributed by atoms with Gasteiger partial charge in [-0.05, 0) is 77.0 Å². The Morgan fingerprint density at radius 2 is 1.68 bits per heavy atom. The number of aromatic nitrogens is 1. The van der Waals surface area contributed by atoms with E-state index in [1.165, 1.54) is 42.2 Å². The number of ether oxygens (including phenoxy) is 1. The molecule has 3 rings (SSSR count). The van der Waals surface area contributed by atoms with E-state index < -0.39 is 5.97 Å². The number of hydrogen-bond acceptors (Lipinski definition) is 3. The van der Waals surface area contributed by atoms with Crippen LogP contribution in [-0.2, 0) is 15.6 Å². The van der Waals surface area contributed by atoms with Gasteiger partial charge in [-0.1, -0.05) is 52.0 Å². The van der Waals surface area contributed by atoms with Gasteiger partial charge in [-0.15, -0.1) is 0 Å². The van der Waals surface area contributed by atoms with Gasteiger partial charge in [0.05, 0.1) is 7.11 Å². The van der Waals surface area contributed by atoms with Gasteiger partial charge in [0.15, 0.2) is 0 Å². The summed E-state index contributed by atoms with van der Waals surface area (Å²) in [6.07, 6.45) is 6.39. The average molecular weight is 378 g/mol. The van der Waals surface area contributed by atoms with Crippen LogP contribution in [0.1, 0.15) is 85.8 Å². The van der Waals surface area contributed by atoms with Crippen molar-refractivity contribution in [3.05, 3.63) is 64.0 Å². The number of fused-ring (bicyclic) bond motifs is 1. The lowest BCUT2D eigenvalue weighted by Gasteiger charge is -2.42. The van der Waals surface area contributed by atoms with E-state index in [1.807, 2.05) is 6.07 Å². The van der Waals surface area contributed by atoms with Crippen molar-refractivity contribution in [1.29, 1.82) is 0 Å². The number of aryl methyl sites for hydroxylation is 1. The Balaban J connectivity index is 2.01. The number of methoxy groups -OCH3 is 1. The minimum Gasteiger partial charge on any atom is -0.464 e. The summed E-state index contributed by atoms with van der Waals surface area (Å²) in [5.41, 5.74) is 8.37. The topological polar surface area (TPSA) is 39.2 Å². The number of carbonyl (C=O) groups is 1. The van der Waals surface area contributed by atoms with Crippen molar-refractivity contribution in [3.63, 3.8) is 0 Å². The fraction of sp³-hybridized carbons (Fsp3) is 0.440. The first-order valence-corrected chi connectivity index (χ1v) is 9.94. The van der Waals surface area contributed by atoms with Gasteiger partial charge in [0, 0.05) is 6.20 Å². The van der Waals surface area contributed by atoms with Gasteiger partial charge in [-0.2, -0.15) is 0 Å². The van der Waals surface area contributed by atoms with E-state index in [0.717, 1.165) is 11.1 Å². The smallest absolute Gasteiger partial charge is 0.356 e. The molecule has 3 nitrogen and oxygen atoms in total. The molecule has 0 spiro atoms. The number of hydrogen-bond donors (Lipinski definition) is 0. The van der Waals surface area contributed by atoms with Gasteiger partial charge in [-0.25, -0.2) is 9.78 Å². The molecule has 0 fully saturated rings. The summed E-state index contributed by atoms with van der Waals surface area (Å²) in [6, 6.07) is 8.40. The zero-order chi connectivity index (χ0) is 20.7. The van der Waals surface area contributed by atoms with E-state index in [2.05, 4.69) is 64.7 Å². The highest BCUT2D eigenvalue weighted by Crippen LogP contribution is 2.46. The number of nitrogens with zero attached hydrogens (tertiary/aromatic N) is 1. The van der Waals surface area contributed by atoms with Crippen LogP contribution in [0, 0.1) is 6.92 Å². The molecule has 0 unspecified atom stereocenters. The van der Waals surface area contributed by atoms with Crippen LogP contribution in [0.2, 0.25) is 0 Å². The second-order valence-electron chi connectivity index (χ2n) is 9.27. The molecule has 0 saturated carbocycles. The molecule has 1 heterocycles. The van der Waals surface area contributed by atoms with Crippen molar-refractivity contribution < 1.29 is 9.53 Å². The Bertz CT molecular complexity index is 934. The highest BCUT2D eigenvalue weighted by Gasteiger charge is 2.37. The van der Waals surface area contributed by atoms with Gasteiger partial charge in [0.1, 0.15) is 5.69 Å². The molecule has 148 valence electrons. The first-order valence-electron chi connectivity index (χ1n) is 9.94. The summed E-state index contributed by atoms with van der Waals surface area (Å²) in [4.78, 5) is 15.8. The van der Waals surface area contributed by atoms with Crippen LogP contribution in [-0.4, -0.2) is 18.1 Å². The van der Waals surface area contributed by atoms with Crippen molar-refractivity contribution in [2.75, 3.05) is 7.11 Å². The average Bonchev–Trinajstić information content (AvgIpc) is 2.66. The Hall–Kier alpha value is -2.42. The third-order valence-corrected chi connectivity index (χ3v) is 6.22.